The Labute approximate surface area is 127 Å². The molecule has 0 bridgehead atoms. The molecular weight excluding hydrogens is 258 g/mol. The van der Waals surface area contributed by atoms with Crippen molar-refractivity contribution in [2.75, 3.05) is 6.54 Å². The van der Waals surface area contributed by atoms with Crippen molar-refractivity contribution in [3.63, 3.8) is 0 Å². The molecule has 2 nitrogen and oxygen atoms in total. The molecule has 0 radical (unpaired) electrons. The highest BCUT2D eigenvalue weighted by molar-refractivity contribution is 5.83. The monoisotopic (exact) mass is 283 g/mol. The first kappa shape index (κ1) is 14.4. The molecule has 0 aromatic heterocycles. The molecule has 0 aliphatic heterocycles. The molecule has 0 spiro atoms. The van der Waals surface area contributed by atoms with E-state index in [1.807, 2.05) is 0 Å². The first-order valence-corrected chi connectivity index (χ1v) is 8.15. The van der Waals surface area contributed by atoms with Gasteiger partial charge in [0, 0.05) is 6.04 Å². The number of likely N-dealkylation sites (N-methyl/N-ethyl adjacent to an activating group) is 1. The lowest BCUT2D eigenvalue weighted by atomic mass is 9.85. The molecule has 1 N–H and O–H groups in total. The van der Waals surface area contributed by atoms with Crippen LogP contribution < -0.4 is 10.1 Å². The molecule has 2 aromatic rings. The van der Waals surface area contributed by atoms with Gasteiger partial charge in [-0.1, -0.05) is 44.2 Å². The van der Waals surface area contributed by atoms with Crippen molar-refractivity contribution in [2.24, 2.45) is 5.92 Å². The van der Waals surface area contributed by atoms with E-state index in [-0.39, 0.29) is 6.10 Å². The van der Waals surface area contributed by atoms with Gasteiger partial charge in [-0.15, -0.1) is 0 Å². The van der Waals surface area contributed by atoms with Gasteiger partial charge in [0.2, 0.25) is 0 Å². The minimum Gasteiger partial charge on any atom is -0.489 e. The zero-order valence-corrected chi connectivity index (χ0v) is 13.0. The van der Waals surface area contributed by atoms with Gasteiger partial charge in [0.05, 0.1) is 0 Å². The minimum absolute atomic E-state index is 0.287. The number of ether oxygens (including phenoxy) is 1. The van der Waals surface area contributed by atoms with E-state index >= 15 is 0 Å². The number of benzene rings is 2. The van der Waals surface area contributed by atoms with Gasteiger partial charge in [0.15, 0.2) is 0 Å². The van der Waals surface area contributed by atoms with Gasteiger partial charge in [-0.3, -0.25) is 0 Å². The summed E-state index contributed by atoms with van der Waals surface area (Å²) in [7, 11) is 0. The fraction of sp³-hybridized carbons (Fsp3) is 0.474. The van der Waals surface area contributed by atoms with Gasteiger partial charge >= 0.3 is 0 Å². The highest BCUT2D eigenvalue weighted by atomic mass is 16.5. The van der Waals surface area contributed by atoms with Crippen molar-refractivity contribution < 1.29 is 4.74 Å². The van der Waals surface area contributed by atoms with Crippen LogP contribution in [0.2, 0.25) is 0 Å². The summed E-state index contributed by atoms with van der Waals surface area (Å²) in [5.74, 6) is 1.75. The van der Waals surface area contributed by atoms with E-state index in [0.29, 0.717) is 6.04 Å². The van der Waals surface area contributed by atoms with E-state index in [9.17, 15) is 0 Å². The van der Waals surface area contributed by atoms with Crippen LogP contribution in [-0.4, -0.2) is 18.7 Å². The van der Waals surface area contributed by atoms with Crippen molar-refractivity contribution in [1.29, 1.82) is 0 Å². The van der Waals surface area contributed by atoms with Crippen molar-refractivity contribution in [2.45, 2.75) is 45.3 Å². The highest BCUT2D eigenvalue weighted by Gasteiger charge is 2.29. The average molecular weight is 283 g/mol. The Morgan fingerprint density at radius 1 is 1.10 bits per heavy atom. The summed E-state index contributed by atoms with van der Waals surface area (Å²) in [5, 5.41) is 6.11. The number of nitrogens with one attached hydrogen (secondary N) is 1. The third-order valence-corrected chi connectivity index (χ3v) is 4.53. The predicted molar refractivity (Wildman–Crippen MR) is 88.8 cm³/mol. The average Bonchev–Trinajstić information content (AvgIpc) is 2.50. The Hall–Kier alpha value is -1.54. The molecule has 1 aliphatic rings. The number of hydrogen-bond donors (Lipinski definition) is 1. The second-order valence-corrected chi connectivity index (χ2v) is 6.25. The molecule has 1 fully saturated rings. The van der Waals surface area contributed by atoms with E-state index in [1.54, 1.807) is 0 Å². The summed E-state index contributed by atoms with van der Waals surface area (Å²) in [5.41, 5.74) is 0. The van der Waals surface area contributed by atoms with Crippen LogP contribution in [0.3, 0.4) is 0 Å². The van der Waals surface area contributed by atoms with Gasteiger partial charge < -0.3 is 10.1 Å². The van der Waals surface area contributed by atoms with Crippen molar-refractivity contribution >= 4 is 10.8 Å². The zero-order valence-electron chi connectivity index (χ0n) is 13.0. The van der Waals surface area contributed by atoms with Crippen LogP contribution in [0, 0.1) is 5.92 Å². The Kier molecular flexibility index (Phi) is 4.45. The molecule has 3 atom stereocenters. The van der Waals surface area contributed by atoms with Crippen LogP contribution in [-0.2, 0) is 0 Å². The quantitative estimate of drug-likeness (QED) is 0.898. The van der Waals surface area contributed by atoms with Crippen LogP contribution >= 0.6 is 0 Å². The van der Waals surface area contributed by atoms with Gasteiger partial charge in [-0.2, -0.15) is 0 Å². The van der Waals surface area contributed by atoms with E-state index in [2.05, 4.69) is 61.6 Å². The molecule has 2 aromatic carbocycles. The van der Waals surface area contributed by atoms with Crippen molar-refractivity contribution in [3.05, 3.63) is 42.5 Å². The second kappa shape index (κ2) is 6.48. The van der Waals surface area contributed by atoms with Gasteiger partial charge in [0.25, 0.3) is 0 Å². The van der Waals surface area contributed by atoms with Gasteiger partial charge in [-0.05, 0) is 54.6 Å². The Morgan fingerprint density at radius 2 is 1.90 bits per heavy atom. The van der Waals surface area contributed by atoms with E-state index in [0.717, 1.165) is 24.6 Å². The third kappa shape index (κ3) is 3.38. The summed E-state index contributed by atoms with van der Waals surface area (Å²) in [4.78, 5) is 0. The summed E-state index contributed by atoms with van der Waals surface area (Å²) in [6.45, 7) is 5.51. The lowest BCUT2D eigenvalue weighted by molar-refractivity contribution is 0.0918. The molecule has 0 amide bonds. The Bertz CT molecular complexity index is 595. The minimum atomic E-state index is 0.287. The largest absolute Gasteiger partial charge is 0.489 e. The standard InChI is InChI=1S/C19H25NO/c1-3-20-18-11-8-14(2)12-19(18)21-17-10-9-15-6-4-5-7-16(15)13-17/h4-7,9-10,13-14,18-20H,3,8,11-12H2,1-2H3. The first-order valence-electron chi connectivity index (χ1n) is 8.15. The van der Waals surface area contributed by atoms with Gasteiger partial charge in [-0.25, -0.2) is 0 Å². The van der Waals surface area contributed by atoms with Crippen molar-refractivity contribution in [3.8, 4) is 5.75 Å². The molecule has 2 heteroatoms. The Morgan fingerprint density at radius 3 is 2.71 bits per heavy atom. The summed E-state index contributed by atoms with van der Waals surface area (Å²) >= 11 is 0. The lowest BCUT2D eigenvalue weighted by Gasteiger charge is -2.35. The molecular formula is C19H25NO. The van der Waals surface area contributed by atoms with Crippen molar-refractivity contribution in [1.82, 2.24) is 5.32 Å². The number of fused-ring (bicyclic) bond motifs is 1. The van der Waals surface area contributed by atoms with Crippen LogP contribution in [0.4, 0.5) is 0 Å². The van der Waals surface area contributed by atoms with E-state index in [1.165, 1.54) is 23.6 Å². The molecule has 3 unspecified atom stereocenters. The molecule has 0 saturated heterocycles. The Balaban J connectivity index is 1.78. The van der Waals surface area contributed by atoms with Crippen LogP contribution in [0.1, 0.15) is 33.1 Å². The maximum atomic E-state index is 6.34. The summed E-state index contributed by atoms with van der Waals surface area (Å²) in [6.07, 6.45) is 3.95. The molecule has 1 aliphatic carbocycles. The molecule has 3 rings (SSSR count). The maximum Gasteiger partial charge on any atom is 0.120 e. The topological polar surface area (TPSA) is 21.3 Å². The molecule has 21 heavy (non-hydrogen) atoms. The molecule has 1 saturated carbocycles. The van der Waals surface area contributed by atoms with Crippen LogP contribution in [0.25, 0.3) is 10.8 Å². The number of hydrogen-bond acceptors (Lipinski definition) is 2. The fourth-order valence-electron chi connectivity index (χ4n) is 3.37. The molecule has 0 heterocycles. The normalized spacial score (nSPS) is 25.9. The summed E-state index contributed by atoms with van der Waals surface area (Å²) < 4.78 is 6.34. The zero-order chi connectivity index (χ0) is 14.7. The SMILES string of the molecule is CCNC1CCC(C)CC1Oc1ccc2ccccc2c1. The van der Waals surface area contributed by atoms with E-state index in [4.69, 9.17) is 4.74 Å². The highest BCUT2D eigenvalue weighted by Crippen LogP contribution is 2.29. The third-order valence-electron chi connectivity index (χ3n) is 4.53. The first-order chi connectivity index (χ1) is 10.3. The van der Waals surface area contributed by atoms with Crippen LogP contribution in [0.15, 0.2) is 42.5 Å². The fourth-order valence-corrected chi connectivity index (χ4v) is 3.37. The van der Waals surface area contributed by atoms with Crippen LogP contribution in [0.5, 0.6) is 5.75 Å². The lowest BCUT2D eigenvalue weighted by Crippen LogP contribution is -2.46. The summed E-state index contributed by atoms with van der Waals surface area (Å²) in [6, 6.07) is 15.3. The maximum absolute atomic E-state index is 6.34. The molecule has 112 valence electrons. The van der Waals surface area contributed by atoms with E-state index < -0.39 is 0 Å². The smallest absolute Gasteiger partial charge is 0.120 e. The van der Waals surface area contributed by atoms with Gasteiger partial charge in [0.1, 0.15) is 11.9 Å². The predicted octanol–water partition coefficient (Wildman–Crippen LogP) is 4.39. The number of rotatable bonds is 4. The second-order valence-electron chi connectivity index (χ2n) is 6.25.